The summed E-state index contributed by atoms with van der Waals surface area (Å²) >= 11 is 0. The normalized spacial score (nSPS) is 12.0. The van der Waals surface area contributed by atoms with Crippen LogP contribution in [0, 0.1) is 6.92 Å². The Labute approximate surface area is 126 Å². The van der Waals surface area contributed by atoms with Crippen molar-refractivity contribution in [1.29, 1.82) is 0 Å². The molecule has 21 heavy (non-hydrogen) atoms. The van der Waals surface area contributed by atoms with Crippen LogP contribution in [0.15, 0.2) is 40.9 Å². The van der Waals surface area contributed by atoms with Crippen LogP contribution < -0.4 is 4.72 Å². The molecule has 0 spiro atoms. The molecule has 0 atom stereocenters. The number of carbonyl (C=O) groups is 1. The predicted octanol–water partition coefficient (Wildman–Crippen LogP) is 2.52. The molecule has 0 aliphatic heterocycles. The molecule has 0 aromatic heterocycles. The van der Waals surface area contributed by atoms with Crippen molar-refractivity contribution in [1.82, 2.24) is 4.72 Å². The Bertz CT molecular complexity index is 603. The average Bonchev–Trinajstić information content (AvgIpc) is 2.46. The van der Waals surface area contributed by atoms with E-state index in [2.05, 4.69) is 9.46 Å². The molecule has 0 radical (unpaired) electrons. The molecule has 0 unspecified atom stereocenters. The van der Waals surface area contributed by atoms with E-state index in [1.807, 2.05) is 13.8 Å². The van der Waals surface area contributed by atoms with E-state index in [1.54, 1.807) is 18.2 Å². The number of unbranched alkanes of at least 4 members (excludes halogenated alkanes) is 2. The van der Waals surface area contributed by atoms with E-state index in [0.717, 1.165) is 18.4 Å². The summed E-state index contributed by atoms with van der Waals surface area (Å²) in [5, 5.41) is 0. The van der Waals surface area contributed by atoms with E-state index in [9.17, 15) is 13.2 Å². The summed E-state index contributed by atoms with van der Waals surface area (Å²) < 4.78 is 31.4. The Hall–Kier alpha value is -1.82. The van der Waals surface area contributed by atoms with Crippen molar-refractivity contribution in [3.05, 3.63) is 41.6 Å². The van der Waals surface area contributed by atoms with Crippen molar-refractivity contribution in [2.45, 2.75) is 38.0 Å². The van der Waals surface area contributed by atoms with Gasteiger partial charge < -0.3 is 4.74 Å². The number of hydrogen-bond donors (Lipinski definition) is 1. The highest BCUT2D eigenvalue weighted by Gasteiger charge is 2.19. The third-order valence-electron chi connectivity index (χ3n) is 2.89. The molecule has 0 aliphatic carbocycles. The van der Waals surface area contributed by atoms with Crippen LogP contribution in [-0.4, -0.2) is 21.5 Å². The van der Waals surface area contributed by atoms with Crippen molar-refractivity contribution >= 4 is 16.0 Å². The third kappa shape index (κ3) is 5.23. The second kappa shape index (κ2) is 7.83. The number of carbonyl (C=O) groups excluding carboxylic acids is 1. The molecule has 6 heteroatoms. The van der Waals surface area contributed by atoms with Gasteiger partial charge in [0.05, 0.1) is 12.0 Å². The van der Waals surface area contributed by atoms with E-state index in [0.29, 0.717) is 6.42 Å². The highest BCUT2D eigenvalue weighted by Crippen LogP contribution is 2.12. The van der Waals surface area contributed by atoms with Crippen molar-refractivity contribution in [3.63, 3.8) is 0 Å². The Balaban J connectivity index is 2.98. The van der Waals surface area contributed by atoms with Gasteiger partial charge in [-0.1, -0.05) is 37.1 Å². The fourth-order valence-electron chi connectivity index (χ4n) is 1.65. The first-order chi connectivity index (χ1) is 9.90. The second-order valence-corrected chi connectivity index (χ2v) is 6.35. The molecular formula is C15H21NO4S. The van der Waals surface area contributed by atoms with Crippen molar-refractivity contribution in [2.75, 3.05) is 7.11 Å². The van der Waals surface area contributed by atoms with Gasteiger partial charge in [-0.05, 0) is 31.9 Å². The molecule has 1 aromatic carbocycles. The van der Waals surface area contributed by atoms with Gasteiger partial charge in [-0.2, -0.15) is 0 Å². The minimum atomic E-state index is -3.79. The molecule has 1 N–H and O–H groups in total. The van der Waals surface area contributed by atoms with Gasteiger partial charge in [-0.25, -0.2) is 13.2 Å². The Kier molecular flexibility index (Phi) is 6.42. The van der Waals surface area contributed by atoms with Crippen LogP contribution in [0.2, 0.25) is 0 Å². The van der Waals surface area contributed by atoms with E-state index in [1.165, 1.54) is 19.2 Å². The molecule has 0 amide bonds. The lowest BCUT2D eigenvalue weighted by Crippen LogP contribution is -2.28. The Morgan fingerprint density at radius 2 is 1.90 bits per heavy atom. The zero-order valence-corrected chi connectivity index (χ0v) is 13.4. The minimum Gasteiger partial charge on any atom is -0.464 e. The van der Waals surface area contributed by atoms with Crippen molar-refractivity contribution in [3.8, 4) is 0 Å². The third-order valence-corrected chi connectivity index (χ3v) is 4.27. The summed E-state index contributed by atoms with van der Waals surface area (Å²) in [5.74, 6) is -0.693. The van der Waals surface area contributed by atoms with Crippen LogP contribution >= 0.6 is 0 Å². The summed E-state index contributed by atoms with van der Waals surface area (Å²) in [6.45, 7) is 3.89. The van der Waals surface area contributed by atoms with E-state index in [-0.39, 0.29) is 10.6 Å². The number of aryl methyl sites for hydroxylation is 1. The smallest absolute Gasteiger partial charge is 0.354 e. The number of sulfonamides is 1. The Morgan fingerprint density at radius 1 is 1.29 bits per heavy atom. The molecule has 0 heterocycles. The molecular weight excluding hydrogens is 290 g/mol. The van der Waals surface area contributed by atoms with E-state index >= 15 is 0 Å². The quantitative estimate of drug-likeness (QED) is 0.477. The first-order valence-electron chi connectivity index (χ1n) is 6.78. The Morgan fingerprint density at radius 3 is 2.43 bits per heavy atom. The molecule has 5 nitrogen and oxygen atoms in total. The molecule has 0 aliphatic rings. The minimum absolute atomic E-state index is 0.0495. The van der Waals surface area contributed by atoms with Gasteiger partial charge in [0.15, 0.2) is 0 Å². The number of nitrogens with one attached hydrogen (secondary N) is 1. The lowest BCUT2D eigenvalue weighted by atomic mass is 10.2. The zero-order valence-electron chi connectivity index (χ0n) is 12.5. The summed E-state index contributed by atoms with van der Waals surface area (Å²) in [6, 6.07) is 6.40. The second-order valence-electron chi connectivity index (χ2n) is 4.67. The molecule has 0 bridgehead atoms. The van der Waals surface area contributed by atoms with Gasteiger partial charge >= 0.3 is 5.97 Å². The number of rotatable bonds is 7. The maximum Gasteiger partial charge on any atom is 0.354 e. The van der Waals surface area contributed by atoms with Crippen molar-refractivity contribution in [2.24, 2.45) is 0 Å². The summed E-state index contributed by atoms with van der Waals surface area (Å²) in [5.41, 5.74) is 0.909. The number of allylic oxidation sites excluding steroid dienone is 1. The predicted molar refractivity (Wildman–Crippen MR) is 81.1 cm³/mol. The topological polar surface area (TPSA) is 72.5 Å². The van der Waals surface area contributed by atoms with Crippen LogP contribution in [0.1, 0.15) is 31.7 Å². The maximum absolute atomic E-state index is 12.2. The lowest BCUT2D eigenvalue weighted by molar-refractivity contribution is -0.136. The van der Waals surface area contributed by atoms with Crippen LogP contribution in [0.25, 0.3) is 0 Å². The SMILES string of the molecule is CCCC/C=C(\NS(=O)(=O)c1ccc(C)cc1)C(=O)OC. The van der Waals surface area contributed by atoms with Gasteiger partial charge in [0.1, 0.15) is 5.70 Å². The van der Waals surface area contributed by atoms with Crippen LogP contribution in [0.4, 0.5) is 0 Å². The van der Waals surface area contributed by atoms with Crippen LogP contribution in [-0.2, 0) is 19.6 Å². The average molecular weight is 311 g/mol. The number of esters is 1. The van der Waals surface area contributed by atoms with E-state index in [4.69, 9.17) is 0 Å². The van der Waals surface area contributed by atoms with Gasteiger partial charge in [0, 0.05) is 0 Å². The maximum atomic E-state index is 12.2. The number of ether oxygens (including phenoxy) is 1. The van der Waals surface area contributed by atoms with Crippen LogP contribution in [0.5, 0.6) is 0 Å². The lowest BCUT2D eigenvalue weighted by Gasteiger charge is -2.10. The number of benzene rings is 1. The molecule has 0 saturated heterocycles. The molecule has 0 fully saturated rings. The standard InChI is InChI=1S/C15H21NO4S/c1-4-5-6-7-14(15(17)20-3)16-21(18,19)13-10-8-12(2)9-11-13/h7-11,16H,4-6H2,1-3H3/b14-7-. The van der Waals surface area contributed by atoms with Gasteiger partial charge in [0.25, 0.3) is 10.0 Å². The molecule has 1 aromatic rings. The largest absolute Gasteiger partial charge is 0.464 e. The first-order valence-corrected chi connectivity index (χ1v) is 8.27. The monoisotopic (exact) mass is 311 g/mol. The fraction of sp³-hybridized carbons (Fsp3) is 0.400. The summed E-state index contributed by atoms with van der Waals surface area (Å²) in [4.78, 5) is 11.8. The number of methoxy groups -OCH3 is 1. The molecule has 116 valence electrons. The van der Waals surface area contributed by atoms with Crippen LogP contribution in [0.3, 0.4) is 0 Å². The number of hydrogen-bond acceptors (Lipinski definition) is 4. The fourth-order valence-corrected chi connectivity index (χ4v) is 2.72. The van der Waals surface area contributed by atoms with Gasteiger partial charge in [-0.15, -0.1) is 0 Å². The zero-order chi connectivity index (χ0) is 15.9. The highest BCUT2D eigenvalue weighted by atomic mass is 32.2. The van der Waals surface area contributed by atoms with Gasteiger partial charge in [-0.3, -0.25) is 4.72 Å². The molecule has 1 rings (SSSR count). The molecule has 0 saturated carbocycles. The summed E-state index contributed by atoms with van der Waals surface area (Å²) in [6.07, 6.45) is 3.99. The van der Waals surface area contributed by atoms with E-state index < -0.39 is 16.0 Å². The van der Waals surface area contributed by atoms with Crippen molar-refractivity contribution < 1.29 is 17.9 Å². The summed E-state index contributed by atoms with van der Waals surface area (Å²) in [7, 11) is -2.57. The first kappa shape index (κ1) is 17.2. The van der Waals surface area contributed by atoms with Gasteiger partial charge in [0.2, 0.25) is 0 Å². The highest BCUT2D eigenvalue weighted by molar-refractivity contribution is 7.89.